The normalized spacial score (nSPS) is 22.2. The molecule has 34 heavy (non-hydrogen) atoms. The summed E-state index contributed by atoms with van der Waals surface area (Å²) in [7, 11) is 0. The van der Waals surface area contributed by atoms with Crippen LogP contribution in [0, 0.1) is 0 Å². The number of likely N-dealkylation sites (tertiary alicyclic amines) is 2. The molecule has 1 aromatic heterocycles. The molecular weight excluding hydrogens is 431 g/mol. The summed E-state index contributed by atoms with van der Waals surface area (Å²) in [4.78, 5) is 27.7. The van der Waals surface area contributed by atoms with Crippen LogP contribution in [0.4, 0.5) is 10.3 Å². The number of nitrogens with two attached hydrogens (primary N) is 1. The van der Waals surface area contributed by atoms with Gasteiger partial charge >= 0.3 is 0 Å². The first kappa shape index (κ1) is 23.2. The minimum Gasteiger partial charge on any atom is -0.368 e. The number of halogens is 1. The van der Waals surface area contributed by atoms with Crippen molar-refractivity contribution in [2.75, 3.05) is 45.0 Å². The molecule has 182 valence electrons. The van der Waals surface area contributed by atoms with E-state index < -0.39 is 5.67 Å². The number of carbonyl (C=O) groups excluding carboxylic acids is 1. The summed E-state index contributed by atoms with van der Waals surface area (Å²) in [5.74, 6) is -0.0508. The number of alkyl halides is 1. The zero-order valence-electron chi connectivity index (χ0n) is 19.8. The molecule has 5 rings (SSSR count). The Hall–Kier alpha value is -2.58. The third kappa shape index (κ3) is 5.08. The van der Waals surface area contributed by atoms with Crippen molar-refractivity contribution in [3.05, 3.63) is 53.3 Å². The van der Waals surface area contributed by atoms with Crippen molar-refractivity contribution in [1.82, 2.24) is 24.7 Å². The lowest BCUT2D eigenvalue weighted by atomic mass is 9.90. The van der Waals surface area contributed by atoms with E-state index in [1.807, 2.05) is 0 Å². The van der Waals surface area contributed by atoms with Gasteiger partial charge in [0.2, 0.25) is 5.95 Å². The smallest absolute Gasteiger partial charge is 0.260 e. The molecular formula is C26H35FN6O. The van der Waals surface area contributed by atoms with Crippen molar-refractivity contribution in [2.24, 2.45) is 0 Å². The predicted octanol–water partition coefficient (Wildman–Crippen LogP) is 2.45. The SMILES string of the molecule is Nc1ncc(CN2CCC(F)(C(=O)N3CCC(N4CCc5ccccc5CC4)CC3)CC2)cn1. The topological polar surface area (TPSA) is 78.6 Å². The van der Waals surface area contributed by atoms with Crippen molar-refractivity contribution >= 4 is 11.9 Å². The number of benzene rings is 1. The van der Waals surface area contributed by atoms with E-state index in [0.29, 0.717) is 38.8 Å². The Labute approximate surface area is 201 Å². The molecule has 0 atom stereocenters. The summed E-state index contributed by atoms with van der Waals surface area (Å²) < 4.78 is 15.7. The van der Waals surface area contributed by atoms with Crippen LogP contribution in [0.5, 0.6) is 0 Å². The Morgan fingerprint density at radius 1 is 0.971 bits per heavy atom. The standard InChI is InChI=1S/C26H35FN6O/c27-26(9-15-31(16-10-26)19-20-17-29-25(28)30-18-20)24(34)33-13-7-23(8-14-33)32-11-5-21-3-1-2-4-22(21)6-12-32/h1-4,17-18,23H,5-16,19H2,(H2,28,29,30). The van der Waals surface area contributed by atoms with Gasteiger partial charge in [0.05, 0.1) is 0 Å². The molecule has 4 heterocycles. The van der Waals surface area contributed by atoms with Gasteiger partial charge in [0.25, 0.3) is 5.91 Å². The zero-order chi connectivity index (χ0) is 23.5. The molecule has 0 bridgehead atoms. The summed E-state index contributed by atoms with van der Waals surface area (Å²) in [6, 6.07) is 9.23. The highest BCUT2D eigenvalue weighted by atomic mass is 19.1. The molecule has 2 N–H and O–H groups in total. The fraction of sp³-hybridized carbons (Fsp3) is 0.577. The fourth-order valence-electron chi connectivity index (χ4n) is 5.75. The van der Waals surface area contributed by atoms with Gasteiger partial charge in [-0.15, -0.1) is 0 Å². The number of fused-ring (bicyclic) bond motifs is 1. The maximum absolute atomic E-state index is 15.7. The zero-order valence-corrected chi connectivity index (χ0v) is 19.8. The first-order valence-corrected chi connectivity index (χ1v) is 12.6. The predicted molar refractivity (Wildman–Crippen MR) is 130 cm³/mol. The number of amides is 1. The molecule has 1 aromatic carbocycles. The van der Waals surface area contributed by atoms with E-state index in [2.05, 4.69) is 44.0 Å². The second kappa shape index (κ2) is 9.96. The van der Waals surface area contributed by atoms with Gasteiger partial charge in [-0.3, -0.25) is 14.6 Å². The van der Waals surface area contributed by atoms with Crippen molar-refractivity contribution in [3.63, 3.8) is 0 Å². The highest BCUT2D eigenvalue weighted by molar-refractivity contribution is 5.85. The number of nitrogen functional groups attached to an aromatic ring is 1. The van der Waals surface area contributed by atoms with Gasteiger partial charge in [0.1, 0.15) is 0 Å². The van der Waals surface area contributed by atoms with E-state index in [1.54, 1.807) is 17.3 Å². The molecule has 0 spiro atoms. The highest BCUT2D eigenvalue weighted by Gasteiger charge is 2.45. The van der Waals surface area contributed by atoms with Crippen LogP contribution >= 0.6 is 0 Å². The minimum absolute atomic E-state index is 0.242. The molecule has 1 amide bonds. The van der Waals surface area contributed by atoms with Gasteiger partial charge in [0.15, 0.2) is 5.67 Å². The van der Waals surface area contributed by atoms with Crippen LogP contribution in [-0.2, 0) is 24.2 Å². The number of rotatable bonds is 4. The van der Waals surface area contributed by atoms with Gasteiger partial charge < -0.3 is 10.6 Å². The first-order chi connectivity index (χ1) is 16.5. The second-order valence-corrected chi connectivity index (χ2v) is 10.0. The van der Waals surface area contributed by atoms with Crippen molar-refractivity contribution < 1.29 is 9.18 Å². The first-order valence-electron chi connectivity index (χ1n) is 12.6. The van der Waals surface area contributed by atoms with Crippen LogP contribution < -0.4 is 5.73 Å². The fourth-order valence-corrected chi connectivity index (χ4v) is 5.75. The number of aromatic nitrogens is 2. The van der Waals surface area contributed by atoms with Crippen LogP contribution in [-0.4, -0.2) is 81.6 Å². The average Bonchev–Trinajstić information content (AvgIpc) is 3.09. The largest absolute Gasteiger partial charge is 0.368 e. The Kier molecular flexibility index (Phi) is 6.79. The molecule has 2 aromatic rings. The molecule has 0 saturated carbocycles. The van der Waals surface area contributed by atoms with E-state index in [0.717, 1.165) is 44.3 Å². The lowest BCUT2D eigenvalue weighted by molar-refractivity contribution is -0.149. The summed E-state index contributed by atoms with van der Waals surface area (Å²) >= 11 is 0. The summed E-state index contributed by atoms with van der Waals surface area (Å²) in [5, 5.41) is 0. The molecule has 2 fully saturated rings. The summed E-state index contributed by atoms with van der Waals surface area (Å²) in [5.41, 5.74) is 7.68. The molecule has 7 nitrogen and oxygen atoms in total. The van der Waals surface area contributed by atoms with Crippen molar-refractivity contribution in [2.45, 2.75) is 56.8 Å². The molecule has 3 aliphatic rings. The maximum atomic E-state index is 15.7. The van der Waals surface area contributed by atoms with E-state index in [-0.39, 0.29) is 24.7 Å². The van der Waals surface area contributed by atoms with Gasteiger partial charge in [0, 0.05) is 82.7 Å². The van der Waals surface area contributed by atoms with Crippen LogP contribution in [0.3, 0.4) is 0 Å². The Bertz CT molecular complexity index is 956. The average molecular weight is 467 g/mol. The van der Waals surface area contributed by atoms with Crippen LogP contribution in [0.1, 0.15) is 42.4 Å². The lowest BCUT2D eigenvalue weighted by Crippen LogP contribution is -2.55. The van der Waals surface area contributed by atoms with E-state index in [1.165, 1.54) is 11.1 Å². The molecule has 2 saturated heterocycles. The number of anilines is 1. The quantitative estimate of drug-likeness (QED) is 0.746. The van der Waals surface area contributed by atoms with Crippen LogP contribution in [0.2, 0.25) is 0 Å². The third-order valence-corrected chi connectivity index (χ3v) is 7.89. The molecule has 8 heteroatoms. The summed E-state index contributed by atoms with van der Waals surface area (Å²) in [6.07, 6.45) is 7.93. The Morgan fingerprint density at radius 2 is 1.56 bits per heavy atom. The van der Waals surface area contributed by atoms with Gasteiger partial charge in [-0.2, -0.15) is 0 Å². The lowest BCUT2D eigenvalue weighted by Gasteiger charge is -2.42. The Balaban J connectivity index is 1.10. The number of hydrogen-bond acceptors (Lipinski definition) is 6. The highest BCUT2D eigenvalue weighted by Crippen LogP contribution is 2.31. The minimum atomic E-state index is -1.74. The van der Waals surface area contributed by atoms with E-state index in [9.17, 15) is 4.79 Å². The molecule has 0 unspecified atom stereocenters. The van der Waals surface area contributed by atoms with Crippen molar-refractivity contribution in [3.8, 4) is 0 Å². The van der Waals surface area contributed by atoms with E-state index in [4.69, 9.17) is 5.73 Å². The van der Waals surface area contributed by atoms with E-state index >= 15 is 4.39 Å². The molecule has 0 radical (unpaired) electrons. The number of piperidine rings is 2. The van der Waals surface area contributed by atoms with Crippen LogP contribution in [0.25, 0.3) is 0 Å². The third-order valence-electron chi connectivity index (χ3n) is 7.89. The molecule has 3 aliphatic heterocycles. The van der Waals surface area contributed by atoms with Gasteiger partial charge in [-0.1, -0.05) is 24.3 Å². The molecule has 0 aliphatic carbocycles. The van der Waals surface area contributed by atoms with Crippen LogP contribution in [0.15, 0.2) is 36.7 Å². The summed E-state index contributed by atoms with van der Waals surface area (Å²) in [6.45, 7) is 5.20. The van der Waals surface area contributed by atoms with Gasteiger partial charge in [-0.05, 0) is 36.8 Å². The number of hydrogen-bond donors (Lipinski definition) is 1. The number of carbonyl (C=O) groups is 1. The van der Waals surface area contributed by atoms with Crippen molar-refractivity contribution in [1.29, 1.82) is 0 Å². The monoisotopic (exact) mass is 466 g/mol. The Morgan fingerprint density at radius 3 is 2.15 bits per heavy atom. The van der Waals surface area contributed by atoms with Gasteiger partial charge in [-0.25, -0.2) is 14.4 Å². The number of nitrogens with zero attached hydrogens (tertiary/aromatic N) is 5. The maximum Gasteiger partial charge on any atom is 0.260 e. The second-order valence-electron chi connectivity index (χ2n) is 10.0.